The van der Waals surface area contributed by atoms with Gasteiger partial charge < -0.3 is 0 Å². The highest BCUT2D eigenvalue weighted by atomic mass is 35.5. The fourth-order valence-corrected chi connectivity index (χ4v) is 3.14. The number of benzene rings is 1. The molecule has 0 aliphatic heterocycles. The fourth-order valence-electron chi connectivity index (χ4n) is 1.84. The molecule has 0 fully saturated rings. The minimum atomic E-state index is -1.18. The van der Waals surface area contributed by atoms with E-state index in [9.17, 15) is 4.21 Å². The van der Waals surface area contributed by atoms with Gasteiger partial charge in [0.1, 0.15) is 5.15 Å². The third kappa shape index (κ3) is 3.95. The summed E-state index contributed by atoms with van der Waals surface area (Å²) in [4.78, 5) is 4.38. The van der Waals surface area contributed by atoms with Crippen LogP contribution in [0.2, 0.25) is 10.2 Å². The molecule has 1 unspecified atom stereocenters. The first-order valence-corrected chi connectivity index (χ1v) is 8.53. The Labute approximate surface area is 137 Å². The Bertz CT molecular complexity index is 698. The summed E-state index contributed by atoms with van der Waals surface area (Å²) in [7, 11) is -1.18. The van der Waals surface area contributed by atoms with Gasteiger partial charge in [0.25, 0.3) is 0 Å². The third-order valence-corrected chi connectivity index (χ3v) is 5.28. The average molecular weight is 345 g/mol. The van der Waals surface area contributed by atoms with Gasteiger partial charge in [0.2, 0.25) is 0 Å². The smallest absolute Gasteiger partial charge is 0.134 e. The van der Waals surface area contributed by atoms with E-state index in [-0.39, 0.29) is 10.8 Å². The van der Waals surface area contributed by atoms with Gasteiger partial charge in [-0.3, -0.25) is 0 Å². The molecule has 0 saturated heterocycles. The predicted octanol–water partition coefficient (Wildman–Crippen LogP) is 4.65. The average Bonchev–Trinajstić information content (AvgIpc) is 2.37. The maximum Gasteiger partial charge on any atom is 0.134 e. The van der Waals surface area contributed by atoms with Crippen molar-refractivity contribution in [3.8, 4) is 0 Å². The lowest BCUT2D eigenvalue weighted by molar-refractivity contribution is 0.616. The summed E-state index contributed by atoms with van der Waals surface area (Å²) in [6.45, 7) is 7.68. The van der Waals surface area contributed by atoms with Crippen LogP contribution in [0.4, 0.5) is 0 Å². The quantitative estimate of drug-likeness (QED) is 0.823. The molecule has 1 aromatic carbocycles. The van der Waals surface area contributed by atoms with Gasteiger partial charge in [-0.2, -0.15) is 0 Å². The lowest BCUT2D eigenvalue weighted by Gasteiger charge is -2.22. The second kappa shape index (κ2) is 6.21. The summed E-state index contributed by atoms with van der Waals surface area (Å²) in [6.07, 6.45) is 0. The van der Waals surface area contributed by atoms with Crippen molar-refractivity contribution in [2.45, 2.75) is 38.5 Å². The highest BCUT2D eigenvalue weighted by molar-refractivity contribution is 7.84. The van der Waals surface area contributed by atoms with Gasteiger partial charge in [-0.05, 0) is 52.0 Å². The molecule has 0 bridgehead atoms. The van der Waals surface area contributed by atoms with E-state index in [0.29, 0.717) is 10.2 Å². The monoisotopic (exact) mass is 344 g/mol. The lowest BCUT2D eigenvalue weighted by Crippen LogP contribution is -2.34. The molecule has 114 valence electrons. The second-order valence-corrected chi connectivity index (χ2v) is 8.72. The molecule has 1 heterocycles. The number of rotatable bonds is 3. The molecule has 21 heavy (non-hydrogen) atoms. The Morgan fingerprint density at radius 3 is 2.52 bits per heavy atom. The van der Waals surface area contributed by atoms with E-state index in [4.69, 9.17) is 23.2 Å². The number of fused-ring (bicyclic) bond motifs is 1. The molecular weight excluding hydrogens is 327 g/mol. The van der Waals surface area contributed by atoms with Crippen molar-refractivity contribution in [3.05, 3.63) is 40.0 Å². The van der Waals surface area contributed by atoms with Crippen molar-refractivity contribution in [1.82, 2.24) is 9.71 Å². The number of hydrogen-bond acceptors (Lipinski definition) is 2. The van der Waals surface area contributed by atoms with Gasteiger partial charge in [-0.15, -0.1) is 0 Å². The van der Waals surface area contributed by atoms with E-state index in [1.807, 2.05) is 45.9 Å². The van der Waals surface area contributed by atoms with Crippen molar-refractivity contribution in [1.29, 1.82) is 0 Å². The van der Waals surface area contributed by atoms with Gasteiger partial charge >= 0.3 is 0 Å². The number of aromatic nitrogens is 1. The van der Waals surface area contributed by atoms with E-state index in [0.717, 1.165) is 16.5 Å². The van der Waals surface area contributed by atoms with Crippen LogP contribution in [-0.2, 0) is 11.0 Å². The summed E-state index contributed by atoms with van der Waals surface area (Å²) in [5, 5.41) is 1.98. The van der Waals surface area contributed by atoms with Gasteiger partial charge in [-0.25, -0.2) is 13.9 Å². The van der Waals surface area contributed by atoms with E-state index in [2.05, 4.69) is 9.71 Å². The number of nitrogens with zero attached hydrogens (tertiary/aromatic N) is 1. The van der Waals surface area contributed by atoms with Crippen LogP contribution in [-0.4, -0.2) is 13.9 Å². The Hall–Kier alpha value is -0.680. The molecule has 2 aromatic rings. The number of nitrogens with one attached hydrogen (secondary N) is 1. The number of hydrogen-bond donors (Lipinski definition) is 1. The van der Waals surface area contributed by atoms with Crippen LogP contribution in [0.25, 0.3) is 10.9 Å². The van der Waals surface area contributed by atoms with Crippen molar-refractivity contribution < 1.29 is 4.21 Å². The first-order chi connectivity index (χ1) is 9.68. The molecule has 0 aliphatic rings. The zero-order valence-corrected chi connectivity index (χ0v) is 14.7. The Morgan fingerprint density at radius 2 is 1.90 bits per heavy atom. The third-order valence-electron chi connectivity index (χ3n) is 3.06. The van der Waals surface area contributed by atoms with Gasteiger partial charge in [0.05, 0.1) is 21.2 Å². The molecular formula is C15H18Cl2N2OS. The Kier molecular flexibility index (Phi) is 4.93. The molecule has 2 atom stereocenters. The molecule has 1 aromatic heterocycles. The van der Waals surface area contributed by atoms with Crippen LogP contribution in [0, 0.1) is 0 Å². The maximum atomic E-state index is 12.2. The summed E-state index contributed by atoms with van der Waals surface area (Å²) in [5.74, 6) is 0. The van der Waals surface area contributed by atoms with Crippen molar-refractivity contribution in [2.75, 3.05) is 0 Å². The Morgan fingerprint density at radius 1 is 1.24 bits per heavy atom. The number of pyridine rings is 1. The van der Waals surface area contributed by atoms with Crippen LogP contribution in [0.15, 0.2) is 24.3 Å². The molecule has 0 radical (unpaired) electrons. The topological polar surface area (TPSA) is 42.0 Å². The van der Waals surface area contributed by atoms with E-state index in [1.165, 1.54) is 0 Å². The predicted molar refractivity (Wildman–Crippen MR) is 91.2 cm³/mol. The van der Waals surface area contributed by atoms with Gasteiger partial charge in [0.15, 0.2) is 0 Å². The highest BCUT2D eigenvalue weighted by Gasteiger charge is 2.23. The van der Waals surface area contributed by atoms with Gasteiger partial charge in [0, 0.05) is 22.0 Å². The zero-order valence-electron chi connectivity index (χ0n) is 12.4. The van der Waals surface area contributed by atoms with Crippen LogP contribution in [0.1, 0.15) is 39.3 Å². The minimum absolute atomic E-state index is 0.173. The van der Waals surface area contributed by atoms with Crippen molar-refractivity contribution in [3.63, 3.8) is 0 Å². The van der Waals surface area contributed by atoms with Crippen molar-refractivity contribution >= 4 is 45.1 Å². The summed E-state index contributed by atoms with van der Waals surface area (Å²) in [5.41, 5.74) is 1.60. The summed E-state index contributed by atoms with van der Waals surface area (Å²) in [6, 6.07) is 7.22. The van der Waals surface area contributed by atoms with E-state index >= 15 is 0 Å². The van der Waals surface area contributed by atoms with Crippen LogP contribution >= 0.6 is 23.2 Å². The molecule has 6 heteroatoms. The second-order valence-electron chi connectivity index (χ2n) is 5.93. The first kappa shape index (κ1) is 16.7. The first-order valence-electron chi connectivity index (χ1n) is 6.62. The lowest BCUT2D eigenvalue weighted by atomic mass is 10.1. The molecule has 0 aliphatic carbocycles. The van der Waals surface area contributed by atoms with Crippen LogP contribution < -0.4 is 4.72 Å². The zero-order chi connectivity index (χ0) is 15.8. The normalized spacial score (nSPS) is 15.1. The van der Waals surface area contributed by atoms with Gasteiger partial charge in [-0.1, -0.05) is 23.2 Å². The fraction of sp³-hybridized carbons (Fsp3) is 0.400. The summed E-state index contributed by atoms with van der Waals surface area (Å²) >= 11 is 12.3. The molecule has 3 nitrogen and oxygen atoms in total. The molecule has 0 amide bonds. The van der Waals surface area contributed by atoms with E-state index < -0.39 is 11.0 Å². The van der Waals surface area contributed by atoms with E-state index in [1.54, 1.807) is 6.07 Å². The summed E-state index contributed by atoms with van der Waals surface area (Å²) < 4.78 is 14.9. The highest BCUT2D eigenvalue weighted by Crippen LogP contribution is 2.28. The minimum Gasteiger partial charge on any atom is -0.242 e. The van der Waals surface area contributed by atoms with Crippen LogP contribution in [0.5, 0.6) is 0 Å². The standard InChI is InChI=1S/C15H18Cl2N2OS/c1-9(19-21(20)15(2,3)4)12-8-10-7-11(16)5-6-13(10)18-14(12)17/h5-9,19H,1-4H3/t9-,21?/m0/s1. The molecule has 0 spiro atoms. The Balaban J connectivity index is 2.37. The van der Waals surface area contributed by atoms with Crippen molar-refractivity contribution in [2.24, 2.45) is 0 Å². The maximum absolute atomic E-state index is 12.2. The largest absolute Gasteiger partial charge is 0.242 e. The number of halogens is 2. The molecule has 2 rings (SSSR count). The SMILES string of the molecule is C[C@H](NS(=O)C(C)(C)C)c1cc2cc(Cl)ccc2nc1Cl. The molecule has 1 N–H and O–H groups in total. The molecule has 0 saturated carbocycles. The van der Waals surface area contributed by atoms with Crippen LogP contribution in [0.3, 0.4) is 0 Å².